The number of ether oxygens (including phenoxy) is 1. The Hall–Kier alpha value is -3.20. The van der Waals surface area contributed by atoms with Crippen molar-refractivity contribution in [3.63, 3.8) is 0 Å². The number of hydrogen-bond donors (Lipinski definition) is 1. The summed E-state index contributed by atoms with van der Waals surface area (Å²) in [7, 11) is -3.28. The maximum absolute atomic E-state index is 12.3. The Bertz CT molecular complexity index is 1060. The van der Waals surface area contributed by atoms with Crippen molar-refractivity contribution in [1.82, 2.24) is 10.2 Å². The van der Waals surface area contributed by atoms with Crippen LogP contribution in [0.3, 0.4) is 0 Å². The highest BCUT2D eigenvalue weighted by molar-refractivity contribution is 7.91. The zero-order valence-electron chi connectivity index (χ0n) is 15.4. The molecule has 8 nitrogen and oxygen atoms in total. The molecule has 1 heterocycles. The van der Waals surface area contributed by atoms with Gasteiger partial charge in [-0.05, 0) is 55.5 Å². The highest BCUT2D eigenvalue weighted by atomic mass is 32.2. The molecular formula is C19H19N3O5S. The van der Waals surface area contributed by atoms with Crippen LogP contribution in [-0.4, -0.2) is 36.9 Å². The van der Waals surface area contributed by atoms with Crippen LogP contribution in [0, 0.1) is 0 Å². The fourth-order valence-corrected chi connectivity index (χ4v) is 3.28. The predicted octanol–water partition coefficient (Wildman–Crippen LogP) is 3.18. The van der Waals surface area contributed by atoms with Gasteiger partial charge in [0.25, 0.3) is 5.91 Å². The Labute approximate surface area is 162 Å². The molecule has 1 amide bonds. The average molecular weight is 401 g/mol. The lowest BCUT2D eigenvalue weighted by atomic mass is 10.2. The molecule has 1 N–H and O–H groups in total. The number of anilines is 1. The fraction of sp³-hybridized carbons (Fsp3) is 0.211. The van der Waals surface area contributed by atoms with Gasteiger partial charge in [0, 0.05) is 11.1 Å². The molecule has 28 heavy (non-hydrogen) atoms. The minimum Gasteiger partial charge on any atom is -0.494 e. The van der Waals surface area contributed by atoms with Crippen LogP contribution in [0.4, 0.5) is 6.01 Å². The van der Waals surface area contributed by atoms with Gasteiger partial charge in [-0.2, -0.15) is 0 Å². The molecule has 0 saturated heterocycles. The maximum atomic E-state index is 12.3. The summed E-state index contributed by atoms with van der Waals surface area (Å²) >= 11 is 0. The van der Waals surface area contributed by atoms with Crippen molar-refractivity contribution in [1.29, 1.82) is 0 Å². The van der Waals surface area contributed by atoms with Crippen LogP contribution in [0.25, 0.3) is 11.5 Å². The standard InChI is InChI=1S/C19H19N3O5S/c1-3-26-15-9-5-13(6-10-15)17(23)20-19-22-21-18(27-19)14-7-11-16(12-8-14)28(24,25)4-2/h5-12H,3-4H2,1-2H3,(H,20,22,23). The van der Waals surface area contributed by atoms with Gasteiger partial charge in [-0.15, -0.1) is 5.10 Å². The number of sulfone groups is 1. The Balaban J connectivity index is 1.71. The van der Waals surface area contributed by atoms with Gasteiger partial charge in [-0.1, -0.05) is 12.0 Å². The van der Waals surface area contributed by atoms with Crippen molar-refractivity contribution in [3.8, 4) is 17.2 Å². The lowest BCUT2D eigenvalue weighted by Gasteiger charge is -2.04. The van der Waals surface area contributed by atoms with Gasteiger partial charge in [0.05, 0.1) is 17.3 Å². The zero-order valence-corrected chi connectivity index (χ0v) is 16.2. The number of aromatic nitrogens is 2. The molecule has 0 unspecified atom stereocenters. The van der Waals surface area contributed by atoms with E-state index >= 15 is 0 Å². The van der Waals surface area contributed by atoms with Gasteiger partial charge in [0.1, 0.15) is 5.75 Å². The monoisotopic (exact) mass is 401 g/mol. The molecule has 3 aromatic rings. The van der Waals surface area contributed by atoms with E-state index in [2.05, 4.69) is 15.5 Å². The Kier molecular flexibility index (Phi) is 5.74. The van der Waals surface area contributed by atoms with E-state index in [9.17, 15) is 13.2 Å². The molecule has 146 valence electrons. The first-order valence-electron chi connectivity index (χ1n) is 8.64. The molecule has 0 bridgehead atoms. The number of nitrogens with one attached hydrogen (secondary N) is 1. The minimum absolute atomic E-state index is 0.0225. The van der Waals surface area contributed by atoms with E-state index in [1.165, 1.54) is 12.1 Å². The molecule has 9 heteroatoms. The quantitative estimate of drug-likeness (QED) is 0.647. The van der Waals surface area contributed by atoms with Crippen LogP contribution >= 0.6 is 0 Å². The van der Waals surface area contributed by atoms with E-state index in [1.54, 1.807) is 43.3 Å². The molecule has 0 spiro atoms. The molecule has 2 aromatic carbocycles. The lowest BCUT2D eigenvalue weighted by molar-refractivity contribution is 0.102. The first-order chi connectivity index (χ1) is 13.4. The zero-order chi connectivity index (χ0) is 20.1. The van der Waals surface area contributed by atoms with Crippen molar-refractivity contribution in [3.05, 3.63) is 54.1 Å². The van der Waals surface area contributed by atoms with E-state index < -0.39 is 15.7 Å². The Morgan fingerprint density at radius 1 is 1.04 bits per heavy atom. The van der Waals surface area contributed by atoms with Crippen molar-refractivity contribution >= 4 is 21.8 Å². The number of carbonyl (C=O) groups excluding carboxylic acids is 1. The van der Waals surface area contributed by atoms with E-state index in [0.717, 1.165) is 0 Å². The maximum Gasteiger partial charge on any atom is 0.322 e. The first-order valence-corrected chi connectivity index (χ1v) is 10.3. The largest absolute Gasteiger partial charge is 0.494 e. The highest BCUT2D eigenvalue weighted by Crippen LogP contribution is 2.22. The number of benzene rings is 2. The third-order valence-corrected chi connectivity index (χ3v) is 5.66. The summed E-state index contributed by atoms with van der Waals surface area (Å²) in [4.78, 5) is 12.5. The number of nitrogens with zero attached hydrogens (tertiary/aromatic N) is 2. The number of hydrogen-bond acceptors (Lipinski definition) is 7. The lowest BCUT2D eigenvalue weighted by Crippen LogP contribution is -2.12. The van der Waals surface area contributed by atoms with Crippen LogP contribution in [0.15, 0.2) is 57.8 Å². The van der Waals surface area contributed by atoms with E-state index in [1.807, 2.05) is 6.92 Å². The summed E-state index contributed by atoms with van der Waals surface area (Å²) in [5, 5.41) is 10.2. The van der Waals surface area contributed by atoms with Crippen molar-refractivity contribution < 1.29 is 22.4 Å². The molecule has 0 fully saturated rings. The molecule has 0 aliphatic carbocycles. The number of rotatable bonds is 7. The van der Waals surface area contributed by atoms with Gasteiger partial charge < -0.3 is 9.15 Å². The van der Waals surface area contributed by atoms with Crippen LogP contribution in [0.5, 0.6) is 5.75 Å². The van der Waals surface area contributed by atoms with E-state index in [0.29, 0.717) is 23.5 Å². The second-order valence-electron chi connectivity index (χ2n) is 5.75. The molecule has 0 aliphatic heterocycles. The van der Waals surface area contributed by atoms with Gasteiger partial charge in [-0.25, -0.2) is 8.42 Å². The summed E-state index contributed by atoms with van der Waals surface area (Å²) in [5.41, 5.74) is 0.960. The molecule has 1 aromatic heterocycles. The average Bonchev–Trinajstić information content (AvgIpc) is 3.17. The van der Waals surface area contributed by atoms with E-state index in [4.69, 9.17) is 9.15 Å². The van der Waals surface area contributed by atoms with E-state index in [-0.39, 0.29) is 22.6 Å². The Morgan fingerprint density at radius 3 is 2.32 bits per heavy atom. The SMILES string of the molecule is CCOc1ccc(C(=O)Nc2nnc(-c3ccc(S(=O)(=O)CC)cc3)o2)cc1. The summed E-state index contributed by atoms with van der Waals surface area (Å²) in [6.07, 6.45) is 0. The normalized spacial score (nSPS) is 11.2. The fourth-order valence-electron chi connectivity index (χ4n) is 2.40. The van der Waals surface area contributed by atoms with Crippen molar-refractivity contribution in [2.24, 2.45) is 0 Å². The summed E-state index contributed by atoms with van der Waals surface area (Å²) in [6, 6.07) is 12.7. The second kappa shape index (κ2) is 8.22. The molecule has 0 radical (unpaired) electrons. The molecule has 3 rings (SSSR count). The van der Waals surface area contributed by atoms with Gasteiger partial charge >= 0.3 is 6.01 Å². The van der Waals surface area contributed by atoms with Gasteiger partial charge in [0.15, 0.2) is 9.84 Å². The third kappa shape index (κ3) is 4.37. The topological polar surface area (TPSA) is 111 Å². The van der Waals surface area contributed by atoms with Crippen molar-refractivity contribution in [2.75, 3.05) is 17.7 Å². The summed E-state index contributed by atoms with van der Waals surface area (Å²) < 4.78 is 34.5. The van der Waals surface area contributed by atoms with Crippen LogP contribution < -0.4 is 10.1 Å². The summed E-state index contributed by atoms with van der Waals surface area (Å²) in [5.74, 6) is 0.465. The van der Waals surface area contributed by atoms with Gasteiger partial charge in [-0.3, -0.25) is 10.1 Å². The molecule has 0 atom stereocenters. The smallest absolute Gasteiger partial charge is 0.322 e. The highest BCUT2D eigenvalue weighted by Gasteiger charge is 2.15. The second-order valence-corrected chi connectivity index (χ2v) is 8.03. The molecular weight excluding hydrogens is 382 g/mol. The molecule has 0 aliphatic rings. The minimum atomic E-state index is -3.28. The van der Waals surface area contributed by atoms with Crippen LogP contribution in [0.1, 0.15) is 24.2 Å². The van der Waals surface area contributed by atoms with Gasteiger partial charge in [0.2, 0.25) is 5.89 Å². The molecule has 0 saturated carbocycles. The van der Waals surface area contributed by atoms with Crippen LogP contribution in [0.2, 0.25) is 0 Å². The van der Waals surface area contributed by atoms with Crippen LogP contribution in [-0.2, 0) is 9.84 Å². The summed E-state index contributed by atoms with van der Waals surface area (Å²) in [6.45, 7) is 4.01. The Morgan fingerprint density at radius 2 is 1.71 bits per heavy atom. The predicted molar refractivity (Wildman–Crippen MR) is 103 cm³/mol. The third-order valence-electron chi connectivity index (χ3n) is 3.91. The van der Waals surface area contributed by atoms with Crippen molar-refractivity contribution in [2.45, 2.75) is 18.7 Å². The first kappa shape index (κ1) is 19.6. The number of amides is 1. The number of carbonyl (C=O) groups is 1.